The van der Waals surface area contributed by atoms with Crippen molar-refractivity contribution >= 4 is 28.2 Å². The molecule has 1 atom stereocenters. The molecule has 1 aliphatic heterocycles. The fourth-order valence-corrected chi connectivity index (χ4v) is 4.28. The second kappa shape index (κ2) is 7.05. The lowest BCUT2D eigenvalue weighted by Crippen LogP contribution is -2.40. The molecule has 5 nitrogen and oxygen atoms in total. The summed E-state index contributed by atoms with van der Waals surface area (Å²) in [5.74, 6) is -0.0517. The molecule has 1 fully saturated rings. The first-order valence-electron chi connectivity index (χ1n) is 8.67. The van der Waals surface area contributed by atoms with E-state index in [2.05, 4.69) is 0 Å². The number of carbonyl (C=O) groups is 1. The summed E-state index contributed by atoms with van der Waals surface area (Å²) in [5.41, 5.74) is 0.213. The molecule has 1 aromatic carbocycles. The van der Waals surface area contributed by atoms with Crippen molar-refractivity contribution < 1.29 is 14.3 Å². The summed E-state index contributed by atoms with van der Waals surface area (Å²) in [7, 11) is 0. The number of hydrogen-bond acceptors (Lipinski definition) is 5. The van der Waals surface area contributed by atoms with E-state index in [9.17, 15) is 14.7 Å². The number of piperidine rings is 1. The van der Waals surface area contributed by atoms with Crippen molar-refractivity contribution in [3.8, 4) is 0 Å². The van der Waals surface area contributed by atoms with Gasteiger partial charge in [-0.05, 0) is 42.3 Å². The maximum atomic E-state index is 12.7. The Hall–Kier alpha value is -2.44. The molecule has 26 heavy (non-hydrogen) atoms. The first-order valence-corrected chi connectivity index (χ1v) is 9.55. The molecule has 0 bridgehead atoms. The Balaban J connectivity index is 1.48. The molecular weight excluding hydrogens is 350 g/mol. The smallest absolute Gasteiger partial charge is 0.289 e. The number of carbonyl (C=O) groups excluding carboxylic acids is 1. The van der Waals surface area contributed by atoms with Gasteiger partial charge >= 0.3 is 0 Å². The van der Waals surface area contributed by atoms with Crippen molar-refractivity contribution in [1.29, 1.82) is 0 Å². The molecule has 3 heterocycles. The second-order valence-corrected chi connectivity index (χ2v) is 7.54. The highest BCUT2D eigenvalue weighted by Gasteiger charge is 2.30. The van der Waals surface area contributed by atoms with Crippen molar-refractivity contribution in [2.75, 3.05) is 13.1 Å². The molecule has 1 N–H and O–H groups in total. The molecular formula is C20H19NO4S. The Morgan fingerprint density at radius 2 is 1.96 bits per heavy atom. The molecule has 6 heteroatoms. The van der Waals surface area contributed by atoms with Crippen LogP contribution in [0.4, 0.5) is 0 Å². The standard InChI is InChI=1S/C20H19NO4S/c22-15-12-17(25-16-5-2-1-4-14(15)16)20(24)21-9-7-13(8-10-21)19(23)18-6-3-11-26-18/h1-6,11-13,19,23H,7-10H2. The van der Waals surface area contributed by atoms with Gasteiger partial charge in [0, 0.05) is 24.0 Å². The first-order chi connectivity index (χ1) is 12.6. The summed E-state index contributed by atoms with van der Waals surface area (Å²) in [6, 6.07) is 12.1. The van der Waals surface area contributed by atoms with Crippen molar-refractivity contribution in [1.82, 2.24) is 4.90 Å². The summed E-state index contributed by atoms with van der Waals surface area (Å²) in [6.07, 6.45) is 0.969. The summed E-state index contributed by atoms with van der Waals surface area (Å²) < 4.78 is 5.65. The molecule has 1 saturated heterocycles. The number of para-hydroxylation sites is 1. The number of thiophene rings is 1. The quantitative estimate of drug-likeness (QED) is 0.768. The van der Waals surface area contributed by atoms with Crippen molar-refractivity contribution in [2.24, 2.45) is 5.92 Å². The van der Waals surface area contributed by atoms with Crippen molar-refractivity contribution in [3.05, 3.63) is 68.7 Å². The third-order valence-electron chi connectivity index (χ3n) is 4.95. The SMILES string of the molecule is O=C(c1cc(=O)c2ccccc2o1)N1CCC(C(O)c2cccs2)CC1. The Morgan fingerprint density at radius 3 is 2.69 bits per heavy atom. The minimum Gasteiger partial charge on any atom is -0.451 e. The van der Waals surface area contributed by atoms with E-state index in [1.807, 2.05) is 17.5 Å². The van der Waals surface area contributed by atoms with E-state index in [0.29, 0.717) is 24.1 Å². The van der Waals surface area contributed by atoms with Gasteiger partial charge in [0.2, 0.25) is 0 Å². The summed E-state index contributed by atoms with van der Waals surface area (Å²) in [5, 5.41) is 12.9. The van der Waals surface area contributed by atoms with Crippen LogP contribution in [0.2, 0.25) is 0 Å². The van der Waals surface area contributed by atoms with E-state index >= 15 is 0 Å². The van der Waals surface area contributed by atoms with Crippen LogP contribution in [-0.4, -0.2) is 29.0 Å². The minimum atomic E-state index is -0.481. The lowest BCUT2D eigenvalue weighted by atomic mass is 9.90. The maximum absolute atomic E-state index is 12.7. The fraction of sp³-hybridized carbons (Fsp3) is 0.300. The molecule has 1 amide bonds. The van der Waals surface area contributed by atoms with E-state index in [1.54, 1.807) is 40.5 Å². The number of aliphatic hydroxyl groups is 1. The Kier molecular flexibility index (Phi) is 4.61. The number of rotatable bonds is 3. The fourth-order valence-electron chi connectivity index (χ4n) is 3.48. The monoisotopic (exact) mass is 369 g/mol. The van der Waals surface area contributed by atoms with Crippen LogP contribution in [0.5, 0.6) is 0 Å². The van der Waals surface area contributed by atoms with Gasteiger partial charge in [-0.3, -0.25) is 9.59 Å². The zero-order chi connectivity index (χ0) is 18.1. The van der Waals surface area contributed by atoms with E-state index in [0.717, 1.165) is 17.7 Å². The van der Waals surface area contributed by atoms with E-state index in [1.165, 1.54) is 6.07 Å². The highest BCUT2D eigenvalue weighted by Crippen LogP contribution is 2.33. The van der Waals surface area contributed by atoms with Gasteiger partial charge in [0.25, 0.3) is 5.91 Å². The van der Waals surface area contributed by atoms with Crippen LogP contribution in [-0.2, 0) is 0 Å². The highest BCUT2D eigenvalue weighted by atomic mass is 32.1. The van der Waals surface area contributed by atoms with Crippen molar-refractivity contribution in [3.63, 3.8) is 0 Å². The maximum Gasteiger partial charge on any atom is 0.289 e. The molecule has 0 spiro atoms. The molecule has 0 radical (unpaired) electrons. The van der Waals surface area contributed by atoms with Crippen LogP contribution < -0.4 is 5.43 Å². The number of amides is 1. The highest BCUT2D eigenvalue weighted by molar-refractivity contribution is 7.10. The molecule has 0 aliphatic carbocycles. The molecule has 0 saturated carbocycles. The molecule has 2 aromatic heterocycles. The first kappa shape index (κ1) is 17.0. The van der Waals surface area contributed by atoms with Gasteiger partial charge in [-0.1, -0.05) is 18.2 Å². The van der Waals surface area contributed by atoms with Crippen LogP contribution in [0.25, 0.3) is 11.0 Å². The van der Waals surface area contributed by atoms with Gasteiger partial charge in [-0.25, -0.2) is 0 Å². The van der Waals surface area contributed by atoms with Gasteiger partial charge in [0.1, 0.15) is 5.58 Å². The average Bonchev–Trinajstić information content (AvgIpc) is 3.22. The number of aliphatic hydroxyl groups excluding tert-OH is 1. The number of nitrogens with zero attached hydrogens (tertiary/aromatic N) is 1. The molecule has 4 rings (SSSR count). The van der Waals surface area contributed by atoms with Gasteiger partial charge in [0.15, 0.2) is 11.2 Å². The predicted octanol–water partition coefficient (Wildman–Crippen LogP) is 3.44. The molecule has 134 valence electrons. The lowest BCUT2D eigenvalue weighted by Gasteiger charge is -2.33. The van der Waals surface area contributed by atoms with Crippen LogP contribution in [0.1, 0.15) is 34.4 Å². The van der Waals surface area contributed by atoms with E-state index < -0.39 is 6.10 Å². The van der Waals surface area contributed by atoms with Crippen LogP contribution in [0.15, 0.2) is 57.1 Å². The zero-order valence-corrected chi connectivity index (χ0v) is 14.9. The lowest BCUT2D eigenvalue weighted by molar-refractivity contribution is 0.0454. The van der Waals surface area contributed by atoms with E-state index in [-0.39, 0.29) is 23.0 Å². The Morgan fingerprint density at radius 1 is 1.19 bits per heavy atom. The van der Waals surface area contributed by atoms with Crippen LogP contribution in [0, 0.1) is 5.92 Å². The van der Waals surface area contributed by atoms with E-state index in [4.69, 9.17) is 4.42 Å². The number of fused-ring (bicyclic) bond motifs is 1. The molecule has 3 aromatic rings. The van der Waals surface area contributed by atoms with Crippen molar-refractivity contribution in [2.45, 2.75) is 18.9 Å². The van der Waals surface area contributed by atoms with Crippen LogP contribution >= 0.6 is 11.3 Å². The largest absolute Gasteiger partial charge is 0.451 e. The van der Waals surface area contributed by atoms with Gasteiger partial charge in [-0.2, -0.15) is 0 Å². The van der Waals surface area contributed by atoms with Gasteiger partial charge in [-0.15, -0.1) is 11.3 Å². The predicted molar refractivity (Wildman–Crippen MR) is 100 cm³/mol. The summed E-state index contributed by atoms with van der Waals surface area (Å²) >= 11 is 1.55. The minimum absolute atomic E-state index is 0.0750. The molecule has 1 unspecified atom stereocenters. The normalized spacial score (nSPS) is 16.7. The third kappa shape index (κ3) is 3.18. The summed E-state index contributed by atoms with van der Waals surface area (Å²) in [4.78, 5) is 27.6. The average molecular weight is 369 g/mol. The number of hydrogen-bond donors (Lipinski definition) is 1. The van der Waals surface area contributed by atoms with Crippen LogP contribution in [0.3, 0.4) is 0 Å². The van der Waals surface area contributed by atoms with Gasteiger partial charge in [0.05, 0.1) is 11.5 Å². The van der Waals surface area contributed by atoms with Gasteiger partial charge < -0.3 is 14.4 Å². The number of benzene rings is 1. The third-order valence-corrected chi connectivity index (χ3v) is 5.90. The molecule has 1 aliphatic rings. The number of likely N-dealkylation sites (tertiary alicyclic amines) is 1. The zero-order valence-electron chi connectivity index (χ0n) is 14.1. The topological polar surface area (TPSA) is 70.8 Å². The summed E-state index contributed by atoms with van der Waals surface area (Å²) in [6.45, 7) is 1.09. The Bertz CT molecular complexity index is 971. The second-order valence-electron chi connectivity index (χ2n) is 6.56. The Labute approximate surface area is 154 Å².